The molecule has 1 aromatic carbocycles. The summed E-state index contributed by atoms with van der Waals surface area (Å²) in [6.07, 6.45) is 6.97. The van der Waals surface area contributed by atoms with Crippen LogP contribution in [-0.4, -0.2) is 37.9 Å². The van der Waals surface area contributed by atoms with E-state index < -0.39 is 10.7 Å². The highest BCUT2D eigenvalue weighted by Crippen LogP contribution is 2.27. The molecule has 1 aliphatic heterocycles. The highest BCUT2D eigenvalue weighted by molar-refractivity contribution is 6.30. The monoisotopic (exact) mass is 432 g/mol. The standard InChI is InChI=1S/C19H18ClFN6O3/c20-15-2-1-13(8-16(15)21)24-19-17(27(28)29)10-22-18(25-19)7-12-9-23-26(11-12)14-3-5-30-6-4-14/h1-2,8-11,14H,3-7H2,(H,22,24,25). The zero-order valence-corrected chi connectivity index (χ0v) is 16.5. The van der Waals surface area contributed by atoms with E-state index in [0.29, 0.717) is 31.5 Å². The second kappa shape index (κ2) is 8.72. The molecule has 0 bridgehead atoms. The first kappa shape index (κ1) is 20.2. The number of nitrogens with one attached hydrogen (secondary N) is 1. The molecule has 0 spiro atoms. The summed E-state index contributed by atoms with van der Waals surface area (Å²) >= 11 is 5.69. The van der Waals surface area contributed by atoms with Gasteiger partial charge in [-0.25, -0.2) is 14.4 Å². The van der Waals surface area contributed by atoms with Crippen molar-refractivity contribution >= 4 is 28.8 Å². The number of ether oxygens (including phenoxy) is 1. The topological polar surface area (TPSA) is 108 Å². The number of nitro groups is 1. The van der Waals surface area contributed by atoms with Crippen LogP contribution in [0.1, 0.15) is 30.3 Å². The molecule has 2 aromatic heterocycles. The quantitative estimate of drug-likeness (QED) is 0.462. The van der Waals surface area contributed by atoms with E-state index in [1.807, 2.05) is 10.9 Å². The van der Waals surface area contributed by atoms with E-state index in [9.17, 15) is 14.5 Å². The van der Waals surface area contributed by atoms with Crippen LogP contribution in [0.25, 0.3) is 0 Å². The summed E-state index contributed by atoms with van der Waals surface area (Å²) in [5.41, 5.74) is 0.864. The van der Waals surface area contributed by atoms with E-state index >= 15 is 0 Å². The minimum absolute atomic E-state index is 0.0245. The van der Waals surface area contributed by atoms with Crippen molar-refractivity contribution in [2.45, 2.75) is 25.3 Å². The third kappa shape index (κ3) is 4.55. The Hall–Kier alpha value is -3.11. The fraction of sp³-hybridized carbons (Fsp3) is 0.316. The molecule has 9 nitrogen and oxygen atoms in total. The van der Waals surface area contributed by atoms with E-state index in [0.717, 1.165) is 30.7 Å². The molecule has 11 heteroatoms. The third-order valence-electron chi connectivity index (χ3n) is 4.78. The summed E-state index contributed by atoms with van der Waals surface area (Å²) in [5.74, 6) is -0.285. The van der Waals surface area contributed by atoms with Gasteiger partial charge in [0, 0.05) is 31.5 Å². The van der Waals surface area contributed by atoms with Crippen molar-refractivity contribution in [1.29, 1.82) is 0 Å². The first-order valence-electron chi connectivity index (χ1n) is 9.33. The van der Waals surface area contributed by atoms with Gasteiger partial charge in [0.1, 0.15) is 17.8 Å². The molecule has 3 heterocycles. The minimum atomic E-state index is -0.640. The van der Waals surface area contributed by atoms with Gasteiger partial charge in [-0.1, -0.05) is 11.6 Å². The maximum absolute atomic E-state index is 13.7. The van der Waals surface area contributed by atoms with Crippen LogP contribution < -0.4 is 5.32 Å². The highest BCUT2D eigenvalue weighted by atomic mass is 35.5. The Labute approximate surface area is 176 Å². The molecule has 1 fully saturated rings. The molecule has 1 aliphatic rings. The number of nitrogens with zero attached hydrogens (tertiary/aromatic N) is 5. The lowest BCUT2D eigenvalue weighted by Gasteiger charge is -2.22. The Morgan fingerprint density at radius 2 is 2.13 bits per heavy atom. The van der Waals surface area contributed by atoms with Gasteiger partial charge in [-0.05, 0) is 36.6 Å². The summed E-state index contributed by atoms with van der Waals surface area (Å²) in [4.78, 5) is 19.1. The van der Waals surface area contributed by atoms with Crippen LogP contribution in [0.5, 0.6) is 0 Å². The fourth-order valence-electron chi connectivity index (χ4n) is 3.23. The van der Waals surface area contributed by atoms with Crippen molar-refractivity contribution in [3.8, 4) is 0 Å². The van der Waals surface area contributed by atoms with Gasteiger partial charge in [-0.15, -0.1) is 0 Å². The van der Waals surface area contributed by atoms with Gasteiger partial charge in [-0.2, -0.15) is 5.10 Å². The maximum Gasteiger partial charge on any atom is 0.329 e. The molecule has 0 radical (unpaired) electrons. The van der Waals surface area contributed by atoms with Crippen molar-refractivity contribution in [3.63, 3.8) is 0 Å². The van der Waals surface area contributed by atoms with Gasteiger partial charge in [-0.3, -0.25) is 14.8 Å². The number of halogens is 2. The smallest absolute Gasteiger partial charge is 0.329 e. The molecule has 0 unspecified atom stereocenters. The van der Waals surface area contributed by atoms with E-state index in [1.54, 1.807) is 6.20 Å². The molecule has 156 valence electrons. The predicted molar refractivity (Wildman–Crippen MR) is 108 cm³/mol. The number of rotatable bonds is 6. The average molecular weight is 433 g/mol. The minimum Gasteiger partial charge on any atom is -0.381 e. The summed E-state index contributed by atoms with van der Waals surface area (Å²) < 4.78 is 21.0. The Bertz CT molecular complexity index is 1070. The van der Waals surface area contributed by atoms with Crippen LogP contribution in [-0.2, 0) is 11.2 Å². The van der Waals surface area contributed by atoms with Crippen LogP contribution in [0.2, 0.25) is 5.02 Å². The van der Waals surface area contributed by atoms with E-state index in [1.165, 1.54) is 12.1 Å². The largest absolute Gasteiger partial charge is 0.381 e. The second-order valence-electron chi connectivity index (χ2n) is 6.88. The lowest BCUT2D eigenvalue weighted by atomic mass is 10.1. The molecule has 0 aliphatic carbocycles. The zero-order chi connectivity index (χ0) is 21.1. The lowest BCUT2D eigenvalue weighted by molar-refractivity contribution is -0.384. The molecular weight excluding hydrogens is 415 g/mol. The summed E-state index contributed by atoms with van der Waals surface area (Å²) in [6, 6.07) is 4.31. The fourth-order valence-corrected chi connectivity index (χ4v) is 3.35. The Kier molecular flexibility index (Phi) is 5.86. The van der Waals surface area contributed by atoms with Crippen molar-refractivity contribution in [1.82, 2.24) is 19.7 Å². The molecule has 1 saturated heterocycles. The summed E-state index contributed by atoms with van der Waals surface area (Å²) in [6.45, 7) is 1.43. The second-order valence-corrected chi connectivity index (χ2v) is 7.29. The molecule has 0 saturated carbocycles. The normalized spacial score (nSPS) is 14.6. The molecule has 4 rings (SSSR count). The van der Waals surface area contributed by atoms with Crippen LogP contribution in [0, 0.1) is 15.9 Å². The summed E-state index contributed by atoms with van der Waals surface area (Å²) in [5, 5.41) is 18.5. The molecular formula is C19H18ClFN6O3. The Balaban J connectivity index is 1.55. The number of hydrogen-bond donors (Lipinski definition) is 1. The van der Waals surface area contributed by atoms with Crippen LogP contribution >= 0.6 is 11.6 Å². The van der Waals surface area contributed by atoms with E-state index in [-0.39, 0.29) is 22.2 Å². The first-order valence-corrected chi connectivity index (χ1v) is 9.70. The highest BCUT2D eigenvalue weighted by Gasteiger charge is 2.20. The van der Waals surface area contributed by atoms with Crippen molar-refractivity contribution in [2.75, 3.05) is 18.5 Å². The maximum atomic E-state index is 13.7. The number of hydrogen-bond acceptors (Lipinski definition) is 7. The lowest BCUT2D eigenvalue weighted by Crippen LogP contribution is -2.19. The molecule has 30 heavy (non-hydrogen) atoms. The van der Waals surface area contributed by atoms with Gasteiger partial charge >= 0.3 is 5.69 Å². The Morgan fingerprint density at radius 3 is 2.87 bits per heavy atom. The van der Waals surface area contributed by atoms with Gasteiger partial charge in [0.25, 0.3) is 0 Å². The third-order valence-corrected chi connectivity index (χ3v) is 5.09. The number of benzene rings is 1. The van der Waals surface area contributed by atoms with Gasteiger partial charge in [0.05, 0.1) is 22.2 Å². The zero-order valence-electron chi connectivity index (χ0n) is 15.8. The average Bonchev–Trinajstić information content (AvgIpc) is 3.20. The first-order chi connectivity index (χ1) is 14.5. The van der Waals surface area contributed by atoms with Crippen LogP contribution in [0.4, 0.5) is 21.6 Å². The van der Waals surface area contributed by atoms with Crippen molar-refractivity contribution < 1.29 is 14.1 Å². The van der Waals surface area contributed by atoms with E-state index in [4.69, 9.17) is 16.3 Å². The van der Waals surface area contributed by atoms with Gasteiger partial charge in [0.15, 0.2) is 0 Å². The molecule has 3 aromatic rings. The van der Waals surface area contributed by atoms with Crippen molar-refractivity contribution in [3.05, 3.63) is 69.1 Å². The summed E-state index contributed by atoms with van der Waals surface area (Å²) in [7, 11) is 0. The van der Waals surface area contributed by atoms with E-state index in [2.05, 4.69) is 20.4 Å². The molecule has 0 atom stereocenters. The van der Waals surface area contributed by atoms with Gasteiger partial charge < -0.3 is 10.1 Å². The van der Waals surface area contributed by atoms with Crippen LogP contribution in [0.15, 0.2) is 36.8 Å². The SMILES string of the molecule is O=[N+]([O-])c1cnc(Cc2cnn(C3CCOCC3)c2)nc1Nc1ccc(Cl)c(F)c1. The number of anilines is 2. The molecule has 1 N–H and O–H groups in total. The van der Waals surface area contributed by atoms with Crippen LogP contribution in [0.3, 0.4) is 0 Å². The molecule has 0 amide bonds. The van der Waals surface area contributed by atoms with Crippen molar-refractivity contribution in [2.24, 2.45) is 0 Å². The van der Waals surface area contributed by atoms with Gasteiger partial charge in [0.2, 0.25) is 5.82 Å². The Morgan fingerprint density at radius 1 is 1.33 bits per heavy atom. The number of aromatic nitrogens is 4. The predicted octanol–water partition coefficient (Wildman–Crippen LogP) is 4.06.